The van der Waals surface area contributed by atoms with E-state index in [0.29, 0.717) is 0 Å². The Kier molecular flexibility index (Phi) is 8.61. The molecule has 0 saturated heterocycles. The molecule has 0 radical (unpaired) electrons. The molecular formula is C16H36Pb. The van der Waals surface area contributed by atoms with Gasteiger partial charge in [0.25, 0.3) is 0 Å². The fourth-order valence-electron chi connectivity index (χ4n) is 4.33. The fourth-order valence-corrected chi connectivity index (χ4v) is 38.0. The zero-order valence-corrected chi connectivity index (χ0v) is 17.5. The van der Waals surface area contributed by atoms with Gasteiger partial charge in [-0.3, -0.25) is 0 Å². The topological polar surface area (TPSA) is 0 Å². The second kappa shape index (κ2) is 8.16. The fraction of sp³-hybridized carbons (Fsp3) is 1.00. The van der Waals surface area contributed by atoms with Gasteiger partial charge in [-0.25, -0.2) is 0 Å². The summed E-state index contributed by atoms with van der Waals surface area (Å²) in [6, 6.07) is 0. The second-order valence-electron chi connectivity index (χ2n) is 6.24. The van der Waals surface area contributed by atoms with E-state index in [1.54, 1.807) is 0 Å². The SMILES string of the molecule is CC[CH](C)[Pb]([CH](C)CC)([CH](C)CC)[CH](C)CC. The molecule has 0 aromatic carbocycles. The number of hydrogen-bond acceptors (Lipinski definition) is 0. The van der Waals surface area contributed by atoms with Crippen molar-refractivity contribution in [3.63, 3.8) is 0 Å². The molecule has 0 amide bonds. The van der Waals surface area contributed by atoms with Crippen molar-refractivity contribution in [2.45, 2.75) is 95.0 Å². The maximum absolute atomic E-state index is 2.59. The molecule has 0 heterocycles. The Morgan fingerprint density at radius 3 is 0.824 bits per heavy atom. The number of hydrogen-bond donors (Lipinski definition) is 0. The van der Waals surface area contributed by atoms with Gasteiger partial charge in [0, 0.05) is 0 Å². The van der Waals surface area contributed by atoms with Gasteiger partial charge < -0.3 is 0 Å². The summed E-state index contributed by atoms with van der Waals surface area (Å²) in [7, 11) is 0. The average molecular weight is 436 g/mol. The Hall–Kier alpha value is 0.922. The van der Waals surface area contributed by atoms with Gasteiger partial charge in [0.15, 0.2) is 0 Å². The van der Waals surface area contributed by atoms with Gasteiger partial charge in [0.1, 0.15) is 0 Å². The molecule has 0 nitrogen and oxygen atoms in total. The first-order valence-electron chi connectivity index (χ1n) is 7.93. The van der Waals surface area contributed by atoms with E-state index in [4.69, 9.17) is 0 Å². The van der Waals surface area contributed by atoms with Crippen LogP contribution in [0, 0.1) is 0 Å². The van der Waals surface area contributed by atoms with E-state index in [1.807, 2.05) is 0 Å². The van der Waals surface area contributed by atoms with Crippen LogP contribution in [-0.4, -0.2) is 21.2 Å². The Morgan fingerprint density at radius 1 is 0.529 bits per heavy atom. The van der Waals surface area contributed by atoms with Crippen LogP contribution in [0.1, 0.15) is 81.1 Å². The molecule has 0 spiro atoms. The molecule has 0 saturated carbocycles. The predicted molar refractivity (Wildman–Crippen MR) is 84.6 cm³/mol. The van der Waals surface area contributed by atoms with E-state index >= 15 is 0 Å². The zero-order chi connectivity index (χ0) is 13.6. The minimum absolute atomic E-state index is 1.06. The second-order valence-corrected chi connectivity index (χ2v) is 29.3. The third-order valence-corrected chi connectivity index (χ3v) is 38.8. The van der Waals surface area contributed by atoms with Crippen LogP contribution in [-0.2, 0) is 0 Å². The van der Waals surface area contributed by atoms with Crippen LogP contribution in [0.25, 0.3) is 0 Å². The third kappa shape index (κ3) is 3.48. The Morgan fingerprint density at radius 2 is 0.706 bits per heavy atom. The standard InChI is InChI=1S/4C4H9.Pb/c4*1-3-4-2;/h4*3H,4H2,1-2H3;. The van der Waals surface area contributed by atoms with Crippen molar-refractivity contribution < 1.29 is 0 Å². The molecule has 0 aromatic rings. The van der Waals surface area contributed by atoms with Crippen LogP contribution in [0.5, 0.6) is 0 Å². The summed E-state index contributed by atoms with van der Waals surface area (Å²) in [5.74, 6) is 0. The van der Waals surface area contributed by atoms with Gasteiger partial charge in [-0.1, -0.05) is 0 Å². The van der Waals surface area contributed by atoms with Gasteiger partial charge in [0.2, 0.25) is 0 Å². The van der Waals surface area contributed by atoms with Crippen molar-refractivity contribution in [1.29, 1.82) is 0 Å². The van der Waals surface area contributed by atoms with Crippen molar-refractivity contribution in [1.82, 2.24) is 0 Å². The first-order valence-corrected chi connectivity index (χ1v) is 16.9. The normalized spacial score (nSPS) is 22.6. The van der Waals surface area contributed by atoms with E-state index in [9.17, 15) is 0 Å². The van der Waals surface area contributed by atoms with Gasteiger partial charge in [-0.15, -0.1) is 0 Å². The van der Waals surface area contributed by atoms with Crippen LogP contribution in [0.3, 0.4) is 0 Å². The van der Waals surface area contributed by atoms with Crippen LogP contribution in [0.4, 0.5) is 0 Å². The van der Waals surface area contributed by atoms with Crippen LogP contribution < -0.4 is 0 Å². The molecule has 0 aliphatic carbocycles. The first-order chi connectivity index (χ1) is 7.93. The molecule has 0 aliphatic rings. The molecular weight excluding hydrogens is 399 g/mol. The zero-order valence-electron chi connectivity index (χ0n) is 13.6. The monoisotopic (exact) mass is 436 g/mol. The van der Waals surface area contributed by atoms with E-state index in [2.05, 4.69) is 55.4 Å². The van der Waals surface area contributed by atoms with Gasteiger partial charge in [0.05, 0.1) is 0 Å². The Labute approximate surface area is 116 Å². The number of rotatable bonds is 8. The summed E-state index contributed by atoms with van der Waals surface area (Å²) < 4.78 is 4.23. The van der Waals surface area contributed by atoms with Crippen molar-refractivity contribution in [3.8, 4) is 0 Å². The molecule has 1 heteroatoms. The summed E-state index contributed by atoms with van der Waals surface area (Å²) in [5.41, 5.74) is 0. The van der Waals surface area contributed by atoms with Gasteiger partial charge >= 0.3 is 116 Å². The molecule has 0 fully saturated rings. The summed E-state index contributed by atoms with van der Waals surface area (Å²) in [6.07, 6.45) is 5.67. The van der Waals surface area contributed by atoms with E-state index in [0.717, 1.165) is 13.9 Å². The average Bonchev–Trinajstić information content (AvgIpc) is 2.37. The Bertz CT molecular complexity index is 154. The summed E-state index contributed by atoms with van der Waals surface area (Å²) in [4.78, 5) is 0. The molecule has 0 aromatic heterocycles. The summed E-state index contributed by atoms with van der Waals surface area (Å²) >= 11 is -2.26. The van der Waals surface area contributed by atoms with Crippen LogP contribution in [0.2, 0.25) is 13.9 Å². The molecule has 0 bridgehead atoms. The molecule has 17 heavy (non-hydrogen) atoms. The van der Waals surface area contributed by atoms with Crippen molar-refractivity contribution in [2.75, 3.05) is 0 Å². The third-order valence-electron chi connectivity index (χ3n) is 5.86. The molecule has 4 atom stereocenters. The molecule has 0 N–H and O–H groups in total. The first kappa shape index (κ1) is 17.9. The quantitative estimate of drug-likeness (QED) is 0.375. The van der Waals surface area contributed by atoms with Crippen LogP contribution >= 0.6 is 0 Å². The van der Waals surface area contributed by atoms with Crippen molar-refractivity contribution in [3.05, 3.63) is 0 Å². The maximum atomic E-state index is 2.59. The summed E-state index contributed by atoms with van der Waals surface area (Å²) in [6.45, 7) is 20.0. The van der Waals surface area contributed by atoms with E-state index in [-0.39, 0.29) is 0 Å². The van der Waals surface area contributed by atoms with Crippen molar-refractivity contribution >= 4 is 21.2 Å². The minimum atomic E-state index is -2.26. The van der Waals surface area contributed by atoms with E-state index in [1.165, 1.54) is 25.7 Å². The summed E-state index contributed by atoms with van der Waals surface area (Å²) in [5, 5.41) is 0. The van der Waals surface area contributed by atoms with Gasteiger partial charge in [-0.2, -0.15) is 0 Å². The molecule has 4 unspecified atom stereocenters. The predicted octanol–water partition coefficient (Wildman–Crippen LogP) is 6.64. The van der Waals surface area contributed by atoms with Crippen LogP contribution in [0.15, 0.2) is 0 Å². The molecule has 0 aliphatic heterocycles. The molecule has 104 valence electrons. The Balaban J connectivity index is 5.51. The van der Waals surface area contributed by atoms with Crippen molar-refractivity contribution in [2.24, 2.45) is 0 Å². The van der Waals surface area contributed by atoms with E-state index < -0.39 is 21.2 Å². The molecule has 0 rings (SSSR count). The van der Waals surface area contributed by atoms with Gasteiger partial charge in [-0.05, 0) is 0 Å².